The molecule has 200 valence electrons. The van der Waals surface area contributed by atoms with Crippen LogP contribution in [0.15, 0.2) is 54.7 Å². The largest absolute Gasteiger partial charge is 0.496 e. The van der Waals surface area contributed by atoms with Crippen LogP contribution in [0.25, 0.3) is 11.1 Å². The maximum atomic E-state index is 13.2. The Labute approximate surface area is 225 Å². The van der Waals surface area contributed by atoms with Crippen LogP contribution in [0.3, 0.4) is 0 Å². The summed E-state index contributed by atoms with van der Waals surface area (Å²) in [6, 6.07) is 15.1. The van der Waals surface area contributed by atoms with Crippen LogP contribution in [-0.2, 0) is 10.2 Å². The van der Waals surface area contributed by atoms with Crippen LogP contribution in [0.2, 0.25) is 0 Å². The van der Waals surface area contributed by atoms with Crippen molar-refractivity contribution in [2.24, 2.45) is 5.92 Å². The third-order valence-electron chi connectivity index (χ3n) is 7.01. The van der Waals surface area contributed by atoms with E-state index in [4.69, 9.17) is 9.47 Å². The molecule has 7 nitrogen and oxygen atoms in total. The van der Waals surface area contributed by atoms with Gasteiger partial charge in [-0.1, -0.05) is 39.0 Å². The van der Waals surface area contributed by atoms with Crippen LogP contribution in [0, 0.1) is 12.8 Å². The third kappa shape index (κ3) is 6.58. The Morgan fingerprint density at radius 3 is 2.39 bits per heavy atom. The van der Waals surface area contributed by atoms with Gasteiger partial charge in [0.25, 0.3) is 11.8 Å². The molecule has 1 aromatic heterocycles. The van der Waals surface area contributed by atoms with E-state index < -0.39 is 0 Å². The fourth-order valence-electron chi connectivity index (χ4n) is 4.53. The summed E-state index contributed by atoms with van der Waals surface area (Å²) in [6.45, 7) is 10.4. The van der Waals surface area contributed by atoms with E-state index in [0.717, 1.165) is 48.4 Å². The molecule has 1 aliphatic rings. The minimum atomic E-state index is -0.263. The van der Waals surface area contributed by atoms with Crippen LogP contribution in [0.1, 0.15) is 65.6 Å². The number of rotatable bonds is 7. The van der Waals surface area contributed by atoms with Gasteiger partial charge < -0.3 is 20.1 Å². The number of carbonyl (C=O) groups is 2. The monoisotopic (exact) mass is 515 g/mol. The molecule has 0 radical (unpaired) electrons. The number of benzene rings is 2. The fraction of sp³-hybridized carbons (Fsp3) is 0.387. The number of pyridine rings is 1. The second-order valence-electron chi connectivity index (χ2n) is 10.8. The highest BCUT2D eigenvalue weighted by Gasteiger charge is 2.20. The molecule has 38 heavy (non-hydrogen) atoms. The SMILES string of the molecule is COc1ccc(C(C)(C)C)cc1C(=O)Nc1cnc(C)c(-c2ccc(C(=O)NCC3CCOCC3)cc2)c1. The minimum Gasteiger partial charge on any atom is -0.496 e. The molecule has 0 atom stereocenters. The molecule has 3 aromatic rings. The van der Waals surface area contributed by atoms with Crippen LogP contribution < -0.4 is 15.4 Å². The Hall–Kier alpha value is -3.71. The number of nitrogens with zero attached hydrogens (tertiary/aromatic N) is 1. The first kappa shape index (κ1) is 27.3. The highest BCUT2D eigenvalue weighted by atomic mass is 16.5. The van der Waals surface area contributed by atoms with Gasteiger partial charge in [-0.05, 0) is 72.6 Å². The molecule has 0 saturated carbocycles. The van der Waals surface area contributed by atoms with Crippen molar-refractivity contribution in [3.05, 3.63) is 77.1 Å². The summed E-state index contributed by atoms with van der Waals surface area (Å²) in [5.74, 6) is 0.641. The molecule has 0 unspecified atom stereocenters. The number of nitrogens with one attached hydrogen (secondary N) is 2. The van der Waals surface area contributed by atoms with Crippen LogP contribution in [-0.4, -0.2) is 43.7 Å². The predicted octanol–water partition coefficient (Wildman–Crippen LogP) is 5.77. The van der Waals surface area contributed by atoms with Crippen molar-refractivity contribution in [2.45, 2.75) is 46.0 Å². The number of anilines is 1. The van der Waals surface area contributed by atoms with Crippen molar-refractivity contribution < 1.29 is 19.1 Å². The number of carbonyl (C=O) groups excluding carboxylic acids is 2. The van der Waals surface area contributed by atoms with Crippen LogP contribution >= 0.6 is 0 Å². The van der Waals surface area contributed by atoms with E-state index in [1.165, 1.54) is 0 Å². The molecular formula is C31H37N3O4. The highest BCUT2D eigenvalue weighted by molar-refractivity contribution is 6.06. The lowest BCUT2D eigenvalue weighted by Crippen LogP contribution is -2.32. The summed E-state index contributed by atoms with van der Waals surface area (Å²) in [4.78, 5) is 30.4. The average Bonchev–Trinajstić information content (AvgIpc) is 2.92. The first-order valence-corrected chi connectivity index (χ1v) is 13.1. The molecule has 0 spiro atoms. The van der Waals surface area contributed by atoms with Crippen molar-refractivity contribution >= 4 is 17.5 Å². The van der Waals surface area contributed by atoms with Crippen molar-refractivity contribution in [1.29, 1.82) is 0 Å². The Kier molecular flexibility index (Phi) is 8.47. The topological polar surface area (TPSA) is 89.5 Å². The van der Waals surface area contributed by atoms with Crippen molar-refractivity contribution in [3.63, 3.8) is 0 Å². The number of aromatic nitrogens is 1. The van der Waals surface area contributed by atoms with Gasteiger partial charge in [-0.3, -0.25) is 14.6 Å². The summed E-state index contributed by atoms with van der Waals surface area (Å²) in [5.41, 5.74) is 5.23. The molecule has 2 heterocycles. The summed E-state index contributed by atoms with van der Waals surface area (Å²) in [6.07, 6.45) is 3.61. The summed E-state index contributed by atoms with van der Waals surface area (Å²) < 4.78 is 10.8. The molecule has 1 saturated heterocycles. The Morgan fingerprint density at radius 1 is 1.03 bits per heavy atom. The maximum absolute atomic E-state index is 13.2. The minimum absolute atomic E-state index is 0.0784. The smallest absolute Gasteiger partial charge is 0.259 e. The summed E-state index contributed by atoms with van der Waals surface area (Å²) >= 11 is 0. The Balaban J connectivity index is 1.48. The second kappa shape index (κ2) is 11.8. The van der Waals surface area contributed by atoms with Gasteiger partial charge in [-0.25, -0.2) is 0 Å². The van der Waals surface area contributed by atoms with Gasteiger partial charge in [0.15, 0.2) is 0 Å². The zero-order chi connectivity index (χ0) is 27.3. The van der Waals surface area contributed by atoms with Gasteiger partial charge in [0.05, 0.1) is 24.6 Å². The Bertz CT molecular complexity index is 1290. The molecular weight excluding hydrogens is 478 g/mol. The standard InChI is InChI=1S/C31H37N3O4/c1-20-26(22-6-8-23(9-7-22)29(35)33-18-21-12-14-38-15-13-21)17-25(19-32-20)34-30(36)27-16-24(31(2,3)4)10-11-28(27)37-5/h6-11,16-17,19,21H,12-15,18H2,1-5H3,(H,33,35)(H,34,36). The van der Waals surface area contributed by atoms with Gasteiger partial charge in [0, 0.05) is 36.6 Å². The van der Waals surface area contributed by atoms with E-state index >= 15 is 0 Å². The van der Waals surface area contributed by atoms with Crippen LogP contribution in [0.5, 0.6) is 5.75 Å². The summed E-state index contributed by atoms with van der Waals surface area (Å²) in [5, 5.41) is 6.02. The molecule has 0 bridgehead atoms. The lowest BCUT2D eigenvalue weighted by molar-refractivity contribution is 0.0642. The van der Waals surface area contributed by atoms with Gasteiger partial charge in [-0.15, -0.1) is 0 Å². The first-order chi connectivity index (χ1) is 18.2. The van der Waals surface area contributed by atoms with Gasteiger partial charge in [-0.2, -0.15) is 0 Å². The van der Waals surface area contributed by atoms with E-state index in [-0.39, 0.29) is 17.2 Å². The van der Waals surface area contributed by atoms with E-state index in [1.807, 2.05) is 55.5 Å². The van der Waals surface area contributed by atoms with Gasteiger partial charge >= 0.3 is 0 Å². The van der Waals surface area contributed by atoms with Crippen molar-refractivity contribution in [1.82, 2.24) is 10.3 Å². The molecule has 2 amide bonds. The van der Waals surface area contributed by atoms with E-state index in [0.29, 0.717) is 35.0 Å². The molecule has 0 aliphatic carbocycles. The number of amides is 2. The van der Waals surface area contributed by atoms with Crippen molar-refractivity contribution in [2.75, 3.05) is 32.2 Å². The van der Waals surface area contributed by atoms with E-state index in [2.05, 4.69) is 36.4 Å². The fourth-order valence-corrected chi connectivity index (χ4v) is 4.53. The zero-order valence-electron chi connectivity index (χ0n) is 22.9. The summed E-state index contributed by atoms with van der Waals surface area (Å²) in [7, 11) is 1.56. The molecule has 2 aromatic carbocycles. The van der Waals surface area contributed by atoms with Gasteiger partial charge in [0.2, 0.25) is 0 Å². The second-order valence-corrected chi connectivity index (χ2v) is 10.8. The third-order valence-corrected chi connectivity index (χ3v) is 7.01. The van der Waals surface area contributed by atoms with Crippen molar-refractivity contribution in [3.8, 4) is 16.9 Å². The number of methoxy groups -OCH3 is 1. The van der Waals surface area contributed by atoms with E-state index in [1.54, 1.807) is 13.3 Å². The molecule has 7 heteroatoms. The Morgan fingerprint density at radius 2 is 1.74 bits per heavy atom. The normalized spacial score (nSPS) is 14.1. The molecule has 1 fully saturated rings. The van der Waals surface area contributed by atoms with Crippen LogP contribution in [0.4, 0.5) is 5.69 Å². The maximum Gasteiger partial charge on any atom is 0.259 e. The average molecular weight is 516 g/mol. The highest BCUT2D eigenvalue weighted by Crippen LogP contribution is 2.30. The number of hydrogen-bond acceptors (Lipinski definition) is 5. The molecule has 2 N–H and O–H groups in total. The molecule has 1 aliphatic heterocycles. The first-order valence-electron chi connectivity index (χ1n) is 13.1. The van der Waals surface area contributed by atoms with Gasteiger partial charge in [0.1, 0.15) is 5.75 Å². The van der Waals surface area contributed by atoms with E-state index in [9.17, 15) is 9.59 Å². The lowest BCUT2D eigenvalue weighted by Gasteiger charge is -2.22. The zero-order valence-corrected chi connectivity index (χ0v) is 22.9. The number of aryl methyl sites for hydroxylation is 1. The quantitative estimate of drug-likeness (QED) is 0.417. The lowest BCUT2D eigenvalue weighted by atomic mass is 9.86. The number of ether oxygens (including phenoxy) is 2. The predicted molar refractivity (Wildman–Crippen MR) is 150 cm³/mol. The number of hydrogen-bond donors (Lipinski definition) is 2. The molecule has 4 rings (SSSR count).